The highest BCUT2D eigenvalue weighted by Gasteiger charge is 2.16. The van der Waals surface area contributed by atoms with Crippen molar-refractivity contribution >= 4 is 11.5 Å². The first kappa shape index (κ1) is 16.5. The van der Waals surface area contributed by atoms with Crippen molar-refractivity contribution in [3.05, 3.63) is 83.2 Å². The monoisotopic (exact) mass is 329 g/mol. The first-order chi connectivity index (χ1) is 12.1. The molecule has 0 radical (unpaired) electrons. The number of anilines is 1. The van der Waals surface area contributed by atoms with E-state index >= 15 is 0 Å². The van der Waals surface area contributed by atoms with Crippen molar-refractivity contribution in [2.24, 2.45) is 0 Å². The summed E-state index contributed by atoms with van der Waals surface area (Å²) in [4.78, 5) is 12.6. The average molecular weight is 329 g/mol. The van der Waals surface area contributed by atoms with Crippen molar-refractivity contribution in [1.82, 2.24) is 4.57 Å². The molecule has 1 aromatic heterocycles. The Balaban J connectivity index is 1.80. The molecule has 0 atom stereocenters. The fraction of sp³-hybridized carbons (Fsp3) is 0.143. The van der Waals surface area contributed by atoms with Crippen LogP contribution in [0.1, 0.15) is 27.3 Å². The molecule has 3 rings (SSSR count). The van der Waals surface area contributed by atoms with Gasteiger partial charge in [0, 0.05) is 28.3 Å². The van der Waals surface area contributed by atoms with E-state index < -0.39 is 0 Å². The molecule has 2 aromatic carbocycles. The molecule has 0 aliphatic rings. The van der Waals surface area contributed by atoms with Crippen LogP contribution in [0.25, 0.3) is 5.69 Å². The van der Waals surface area contributed by atoms with E-state index in [2.05, 4.69) is 16.0 Å². The van der Waals surface area contributed by atoms with Gasteiger partial charge in [-0.25, -0.2) is 0 Å². The SMILES string of the molecule is Cc1cc(C(=O)CNc2cccc(C#N)c2)c(C)n1-c1ccccc1. The number of nitrogens with one attached hydrogen (secondary N) is 1. The number of para-hydroxylation sites is 1. The van der Waals surface area contributed by atoms with E-state index in [1.54, 1.807) is 18.2 Å². The van der Waals surface area contributed by atoms with Gasteiger partial charge in [0.1, 0.15) is 0 Å². The Labute approximate surface area is 147 Å². The number of carbonyl (C=O) groups is 1. The van der Waals surface area contributed by atoms with Crippen LogP contribution in [0, 0.1) is 25.2 Å². The highest BCUT2D eigenvalue weighted by atomic mass is 16.1. The summed E-state index contributed by atoms with van der Waals surface area (Å²) in [7, 11) is 0. The zero-order chi connectivity index (χ0) is 17.8. The first-order valence-electron chi connectivity index (χ1n) is 8.12. The summed E-state index contributed by atoms with van der Waals surface area (Å²) in [5.74, 6) is 0.0256. The van der Waals surface area contributed by atoms with Crippen molar-refractivity contribution < 1.29 is 4.79 Å². The van der Waals surface area contributed by atoms with Crippen LogP contribution in [0.15, 0.2) is 60.7 Å². The Morgan fingerprint density at radius 3 is 2.56 bits per heavy atom. The van der Waals surface area contributed by atoms with Gasteiger partial charge in [0.2, 0.25) is 0 Å². The number of ketones is 1. The van der Waals surface area contributed by atoms with Crippen LogP contribution in [0.2, 0.25) is 0 Å². The molecule has 1 heterocycles. The van der Waals surface area contributed by atoms with Gasteiger partial charge in [-0.1, -0.05) is 24.3 Å². The Kier molecular flexibility index (Phi) is 4.67. The van der Waals surface area contributed by atoms with Crippen LogP contribution < -0.4 is 5.32 Å². The molecule has 0 aliphatic heterocycles. The van der Waals surface area contributed by atoms with E-state index in [-0.39, 0.29) is 12.3 Å². The van der Waals surface area contributed by atoms with E-state index in [9.17, 15) is 4.79 Å². The summed E-state index contributed by atoms with van der Waals surface area (Å²) in [5.41, 5.74) is 5.06. The first-order valence-corrected chi connectivity index (χ1v) is 8.12. The number of nitrogens with zero attached hydrogens (tertiary/aromatic N) is 2. The Morgan fingerprint density at radius 2 is 1.84 bits per heavy atom. The van der Waals surface area contributed by atoms with Gasteiger partial charge in [-0.3, -0.25) is 4.79 Å². The Morgan fingerprint density at radius 1 is 1.08 bits per heavy atom. The number of aromatic nitrogens is 1. The molecule has 4 heteroatoms. The van der Waals surface area contributed by atoms with Gasteiger partial charge < -0.3 is 9.88 Å². The number of benzene rings is 2. The van der Waals surface area contributed by atoms with Crippen molar-refractivity contribution in [1.29, 1.82) is 5.26 Å². The third kappa shape index (κ3) is 3.46. The topological polar surface area (TPSA) is 57.8 Å². The molecule has 25 heavy (non-hydrogen) atoms. The third-order valence-corrected chi connectivity index (χ3v) is 4.19. The Hall–Kier alpha value is -3.32. The lowest BCUT2D eigenvalue weighted by atomic mass is 10.1. The largest absolute Gasteiger partial charge is 0.378 e. The van der Waals surface area contributed by atoms with Gasteiger partial charge in [-0.15, -0.1) is 0 Å². The van der Waals surface area contributed by atoms with E-state index in [0.717, 1.165) is 22.8 Å². The highest BCUT2D eigenvalue weighted by molar-refractivity contribution is 6.00. The number of carbonyl (C=O) groups excluding carboxylic acids is 1. The molecule has 0 spiro atoms. The molecule has 124 valence electrons. The number of aryl methyl sites for hydroxylation is 1. The van der Waals surface area contributed by atoms with Crippen LogP contribution in [0.5, 0.6) is 0 Å². The molecular weight excluding hydrogens is 310 g/mol. The third-order valence-electron chi connectivity index (χ3n) is 4.19. The van der Waals surface area contributed by atoms with E-state index in [0.29, 0.717) is 11.1 Å². The number of rotatable bonds is 5. The molecule has 0 amide bonds. The molecule has 0 bridgehead atoms. The minimum atomic E-state index is 0.0256. The van der Waals surface area contributed by atoms with Crippen LogP contribution in [-0.4, -0.2) is 16.9 Å². The van der Waals surface area contributed by atoms with Crippen LogP contribution in [0.4, 0.5) is 5.69 Å². The maximum absolute atomic E-state index is 12.6. The Bertz CT molecular complexity index is 949. The average Bonchev–Trinajstić information content (AvgIpc) is 2.95. The standard InChI is InChI=1S/C21H19N3O/c1-15-11-20(16(2)24(15)19-9-4-3-5-10-19)21(25)14-23-18-8-6-7-17(12-18)13-22/h3-12,23H,14H2,1-2H3. The summed E-state index contributed by atoms with van der Waals surface area (Å²) in [6, 6.07) is 21.1. The summed E-state index contributed by atoms with van der Waals surface area (Å²) in [6.07, 6.45) is 0. The lowest BCUT2D eigenvalue weighted by molar-refractivity contribution is 0.101. The van der Waals surface area contributed by atoms with Crippen molar-refractivity contribution in [3.8, 4) is 11.8 Å². The van der Waals surface area contributed by atoms with Gasteiger partial charge in [0.05, 0.1) is 18.2 Å². The fourth-order valence-electron chi connectivity index (χ4n) is 3.00. The molecule has 4 nitrogen and oxygen atoms in total. The molecule has 0 aliphatic carbocycles. The van der Waals surface area contributed by atoms with Gasteiger partial charge in [-0.05, 0) is 50.2 Å². The second-order valence-corrected chi connectivity index (χ2v) is 5.93. The van der Waals surface area contributed by atoms with Crippen molar-refractivity contribution in [2.45, 2.75) is 13.8 Å². The number of Topliss-reactive ketones (excluding diaryl/α,β-unsaturated/α-hetero) is 1. The fourth-order valence-corrected chi connectivity index (χ4v) is 3.00. The summed E-state index contributed by atoms with van der Waals surface area (Å²) in [5, 5.41) is 12.1. The van der Waals surface area contributed by atoms with E-state index in [1.807, 2.05) is 56.3 Å². The molecule has 0 saturated carbocycles. The minimum absolute atomic E-state index is 0.0256. The summed E-state index contributed by atoms with van der Waals surface area (Å²) in [6.45, 7) is 4.15. The second-order valence-electron chi connectivity index (χ2n) is 5.93. The highest BCUT2D eigenvalue weighted by Crippen LogP contribution is 2.21. The van der Waals surface area contributed by atoms with E-state index in [1.165, 1.54) is 0 Å². The second kappa shape index (κ2) is 7.06. The van der Waals surface area contributed by atoms with Crippen molar-refractivity contribution in [2.75, 3.05) is 11.9 Å². The molecule has 1 N–H and O–H groups in total. The maximum atomic E-state index is 12.6. The zero-order valence-electron chi connectivity index (χ0n) is 14.3. The van der Waals surface area contributed by atoms with Crippen LogP contribution in [0.3, 0.4) is 0 Å². The van der Waals surface area contributed by atoms with Crippen LogP contribution in [-0.2, 0) is 0 Å². The lowest BCUT2D eigenvalue weighted by Gasteiger charge is -2.10. The van der Waals surface area contributed by atoms with Gasteiger partial charge in [0.15, 0.2) is 5.78 Å². The minimum Gasteiger partial charge on any atom is -0.378 e. The molecule has 0 saturated heterocycles. The summed E-state index contributed by atoms with van der Waals surface area (Å²) < 4.78 is 2.09. The van der Waals surface area contributed by atoms with E-state index in [4.69, 9.17) is 5.26 Å². The quantitative estimate of drug-likeness (QED) is 0.712. The van der Waals surface area contributed by atoms with Gasteiger partial charge in [-0.2, -0.15) is 5.26 Å². The predicted octanol–water partition coefficient (Wildman–Crippen LogP) is 4.26. The predicted molar refractivity (Wildman–Crippen MR) is 99.2 cm³/mol. The lowest BCUT2D eigenvalue weighted by Crippen LogP contribution is -2.15. The number of nitriles is 1. The molecule has 3 aromatic rings. The van der Waals surface area contributed by atoms with Crippen LogP contribution >= 0.6 is 0 Å². The van der Waals surface area contributed by atoms with Crippen molar-refractivity contribution in [3.63, 3.8) is 0 Å². The number of hydrogen-bond acceptors (Lipinski definition) is 3. The maximum Gasteiger partial charge on any atom is 0.183 e. The molecule has 0 unspecified atom stereocenters. The zero-order valence-corrected chi connectivity index (χ0v) is 14.3. The van der Waals surface area contributed by atoms with Gasteiger partial charge in [0.25, 0.3) is 0 Å². The smallest absolute Gasteiger partial charge is 0.183 e. The molecular formula is C21H19N3O. The molecule has 0 fully saturated rings. The number of hydrogen-bond donors (Lipinski definition) is 1. The summed E-state index contributed by atoms with van der Waals surface area (Å²) >= 11 is 0. The van der Waals surface area contributed by atoms with Gasteiger partial charge >= 0.3 is 0 Å². The normalized spacial score (nSPS) is 10.3.